The predicted molar refractivity (Wildman–Crippen MR) is 78.3 cm³/mol. The zero-order valence-electron chi connectivity index (χ0n) is 11.9. The van der Waals surface area contributed by atoms with Crippen molar-refractivity contribution in [2.75, 3.05) is 5.73 Å². The standard InChI is InChI=1S/C15H22N2O3/c1-2-11-4-3-5-14(8-11)20-10-12-9-13(17(18)19)6-7-15(12)16/h6-7,9,11,14H,2-5,8,10,16H2,1H3. The highest BCUT2D eigenvalue weighted by Gasteiger charge is 2.21. The van der Waals surface area contributed by atoms with Crippen molar-refractivity contribution in [1.29, 1.82) is 0 Å². The summed E-state index contributed by atoms with van der Waals surface area (Å²) < 4.78 is 5.91. The van der Waals surface area contributed by atoms with Crippen molar-refractivity contribution in [1.82, 2.24) is 0 Å². The SMILES string of the molecule is CCC1CCCC(OCc2cc([N+](=O)[O-])ccc2N)C1. The van der Waals surface area contributed by atoms with Gasteiger partial charge >= 0.3 is 0 Å². The Morgan fingerprint density at radius 1 is 1.45 bits per heavy atom. The van der Waals surface area contributed by atoms with Gasteiger partial charge in [0, 0.05) is 23.4 Å². The van der Waals surface area contributed by atoms with Crippen LogP contribution in [0.3, 0.4) is 0 Å². The predicted octanol–water partition coefficient (Wildman–Crippen LogP) is 3.66. The van der Waals surface area contributed by atoms with E-state index in [1.54, 1.807) is 6.07 Å². The molecule has 1 aliphatic rings. The topological polar surface area (TPSA) is 78.4 Å². The van der Waals surface area contributed by atoms with Gasteiger partial charge in [0.15, 0.2) is 0 Å². The first-order chi connectivity index (χ1) is 9.60. The van der Waals surface area contributed by atoms with Crippen LogP contribution in [0.25, 0.3) is 0 Å². The molecule has 20 heavy (non-hydrogen) atoms. The van der Waals surface area contributed by atoms with Crippen LogP contribution in [-0.4, -0.2) is 11.0 Å². The molecular formula is C15H22N2O3. The summed E-state index contributed by atoms with van der Waals surface area (Å²) in [6, 6.07) is 4.51. The summed E-state index contributed by atoms with van der Waals surface area (Å²) in [4.78, 5) is 10.4. The quantitative estimate of drug-likeness (QED) is 0.506. The Labute approximate surface area is 119 Å². The fourth-order valence-electron chi connectivity index (χ4n) is 2.80. The smallest absolute Gasteiger partial charge is 0.269 e. The summed E-state index contributed by atoms with van der Waals surface area (Å²) in [5.41, 5.74) is 7.18. The number of hydrogen-bond donors (Lipinski definition) is 1. The molecule has 0 bridgehead atoms. The fourth-order valence-corrected chi connectivity index (χ4v) is 2.80. The van der Waals surface area contributed by atoms with E-state index >= 15 is 0 Å². The Morgan fingerprint density at radius 2 is 2.25 bits per heavy atom. The first-order valence-electron chi connectivity index (χ1n) is 7.24. The van der Waals surface area contributed by atoms with Gasteiger partial charge in [-0.2, -0.15) is 0 Å². The molecule has 0 amide bonds. The molecule has 1 aromatic rings. The van der Waals surface area contributed by atoms with Gasteiger partial charge in [0.2, 0.25) is 0 Å². The van der Waals surface area contributed by atoms with Gasteiger partial charge in [0.25, 0.3) is 5.69 Å². The van der Waals surface area contributed by atoms with Crippen LogP contribution >= 0.6 is 0 Å². The van der Waals surface area contributed by atoms with E-state index in [2.05, 4.69) is 6.92 Å². The van der Waals surface area contributed by atoms with Crippen molar-refractivity contribution in [3.8, 4) is 0 Å². The third kappa shape index (κ3) is 3.70. The van der Waals surface area contributed by atoms with E-state index in [1.165, 1.54) is 31.4 Å². The van der Waals surface area contributed by atoms with E-state index < -0.39 is 4.92 Å². The highest BCUT2D eigenvalue weighted by molar-refractivity contribution is 5.52. The third-order valence-corrected chi connectivity index (χ3v) is 4.12. The Balaban J connectivity index is 1.96. The van der Waals surface area contributed by atoms with E-state index in [0.29, 0.717) is 17.9 Å². The number of nitrogens with two attached hydrogens (primary N) is 1. The molecular weight excluding hydrogens is 256 g/mol. The molecule has 110 valence electrons. The fraction of sp³-hybridized carbons (Fsp3) is 0.600. The Kier molecular flexibility index (Phi) is 4.95. The van der Waals surface area contributed by atoms with Gasteiger partial charge in [-0.3, -0.25) is 10.1 Å². The second kappa shape index (κ2) is 6.70. The van der Waals surface area contributed by atoms with Gasteiger partial charge in [-0.15, -0.1) is 0 Å². The summed E-state index contributed by atoms with van der Waals surface area (Å²) in [6.45, 7) is 2.57. The highest BCUT2D eigenvalue weighted by Crippen LogP contribution is 2.29. The number of nitrogen functional groups attached to an aromatic ring is 1. The second-order valence-electron chi connectivity index (χ2n) is 5.51. The van der Waals surface area contributed by atoms with Crippen LogP contribution in [0.1, 0.15) is 44.6 Å². The average molecular weight is 278 g/mol. The number of nitro groups is 1. The molecule has 0 aliphatic heterocycles. The molecule has 0 spiro atoms. The first kappa shape index (κ1) is 14.8. The number of anilines is 1. The number of nitrogens with zero attached hydrogens (tertiary/aromatic N) is 1. The molecule has 1 aromatic carbocycles. The third-order valence-electron chi connectivity index (χ3n) is 4.12. The van der Waals surface area contributed by atoms with Crippen molar-refractivity contribution >= 4 is 11.4 Å². The normalized spacial score (nSPS) is 22.6. The van der Waals surface area contributed by atoms with Crippen LogP contribution in [0.5, 0.6) is 0 Å². The molecule has 2 atom stereocenters. The molecule has 1 aliphatic carbocycles. The Morgan fingerprint density at radius 3 is 2.95 bits per heavy atom. The number of hydrogen-bond acceptors (Lipinski definition) is 4. The number of nitro benzene ring substituents is 1. The van der Waals surface area contributed by atoms with Crippen LogP contribution in [0.2, 0.25) is 0 Å². The Bertz CT molecular complexity index is 476. The summed E-state index contributed by atoms with van der Waals surface area (Å²) in [7, 11) is 0. The molecule has 2 rings (SSSR count). The molecule has 1 fully saturated rings. The largest absolute Gasteiger partial charge is 0.398 e. The molecule has 0 radical (unpaired) electrons. The minimum Gasteiger partial charge on any atom is -0.398 e. The maximum absolute atomic E-state index is 10.8. The lowest BCUT2D eigenvalue weighted by molar-refractivity contribution is -0.384. The lowest BCUT2D eigenvalue weighted by Crippen LogP contribution is -2.22. The molecule has 0 heterocycles. The van der Waals surface area contributed by atoms with Crippen molar-refractivity contribution in [3.05, 3.63) is 33.9 Å². The molecule has 2 unspecified atom stereocenters. The lowest BCUT2D eigenvalue weighted by Gasteiger charge is -2.28. The van der Waals surface area contributed by atoms with Gasteiger partial charge in [-0.05, 0) is 24.8 Å². The number of ether oxygens (including phenoxy) is 1. The van der Waals surface area contributed by atoms with Gasteiger partial charge in [-0.25, -0.2) is 0 Å². The highest BCUT2D eigenvalue weighted by atomic mass is 16.6. The molecule has 5 nitrogen and oxygen atoms in total. The van der Waals surface area contributed by atoms with E-state index in [4.69, 9.17) is 10.5 Å². The monoisotopic (exact) mass is 278 g/mol. The van der Waals surface area contributed by atoms with Crippen LogP contribution in [0.4, 0.5) is 11.4 Å². The van der Waals surface area contributed by atoms with Gasteiger partial charge in [-0.1, -0.05) is 26.2 Å². The van der Waals surface area contributed by atoms with E-state index in [-0.39, 0.29) is 11.8 Å². The van der Waals surface area contributed by atoms with E-state index in [9.17, 15) is 10.1 Å². The van der Waals surface area contributed by atoms with Crippen LogP contribution < -0.4 is 5.73 Å². The molecule has 1 saturated carbocycles. The molecule has 0 saturated heterocycles. The second-order valence-corrected chi connectivity index (χ2v) is 5.51. The van der Waals surface area contributed by atoms with Crippen LogP contribution in [0, 0.1) is 16.0 Å². The van der Waals surface area contributed by atoms with Gasteiger partial charge in [0.1, 0.15) is 0 Å². The van der Waals surface area contributed by atoms with Crippen molar-refractivity contribution < 1.29 is 9.66 Å². The summed E-state index contributed by atoms with van der Waals surface area (Å²) in [5.74, 6) is 0.746. The van der Waals surface area contributed by atoms with E-state index in [1.807, 2.05) is 0 Å². The molecule has 0 aromatic heterocycles. The zero-order chi connectivity index (χ0) is 14.5. The maximum atomic E-state index is 10.8. The number of rotatable bonds is 5. The van der Waals surface area contributed by atoms with Crippen LogP contribution in [0.15, 0.2) is 18.2 Å². The molecule has 5 heteroatoms. The maximum Gasteiger partial charge on any atom is 0.269 e. The number of non-ortho nitro benzene ring substituents is 1. The van der Waals surface area contributed by atoms with Crippen LogP contribution in [-0.2, 0) is 11.3 Å². The van der Waals surface area contributed by atoms with Crippen molar-refractivity contribution in [3.63, 3.8) is 0 Å². The molecule has 2 N–H and O–H groups in total. The summed E-state index contributed by atoms with van der Waals surface area (Å²) in [6.07, 6.45) is 6.10. The van der Waals surface area contributed by atoms with Crippen molar-refractivity contribution in [2.24, 2.45) is 5.92 Å². The van der Waals surface area contributed by atoms with Crippen molar-refractivity contribution in [2.45, 2.75) is 51.7 Å². The Hall–Kier alpha value is -1.62. The summed E-state index contributed by atoms with van der Waals surface area (Å²) >= 11 is 0. The number of benzene rings is 1. The minimum absolute atomic E-state index is 0.0629. The van der Waals surface area contributed by atoms with Gasteiger partial charge < -0.3 is 10.5 Å². The van der Waals surface area contributed by atoms with E-state index in [0.717, 1.165) is 18.8 Å². The van der Waals surface area contributed by atoms with Gasteiger partial charge in [0.05, 0.1) is 17.6 Å². The summed E-state index contributed by atoms with van der Waals surface area (Å²) in [5, 5.41) is 10.8. The first-order valence-corrected chi connectivity index (χ1v) is 7.24. The zero-order valence-corrected chi connectivity index (χ0v) is 11.9. The average Bonchev–Trinajstić information content (AvgIpc) is 2.46. The lowest BCUT2D eigenvalue weighted by atomic mass is 9.85. The minimum atomic E-state index is -0.406.